The molecule has 0 unspecified atom stereocenters. The number of nitrogens with one attached hydrogen (secondary N) is 1. The van der Waals surface area contributed by atoms with E-state index in [1.165, 1.54) is 51.9 Å². The van der Waals surface area contributed by atoms with E-state index in [0.717, 1.165) is 0 Å². The van der Waals surface area contributed by atoms with Crippen molar-refractivity contribution in [2.24, 2.45) is 10.8 Å². The lowest BCUT2D eigenvalue weighted by Crippen LogP contribution is -2.45. The Bertz CT molecular complexity index is 206. The fourth-order valence-electron chi connectivity index (χ4n) is 3.41. The Morgan fingerprint density at radius 2 is 1.76 bits per heavy atom. The van der Waals surface area contributed by atoms with E-state index in [-0.39, 0.29) is 0 Å². The van der Waals surface area contributed by atoms with Crippen LogP contribution in [0.5, 0.6) is 0 Å². The lowest BCUT2D eigenvalue weighted by atomic mass is 9.75. The Balaban J connectivity index is 2.53. The summed E-state index contributed by atoms with van der Waals surface area (Å²) in [5, 5.41) is 3.50. The van der Waals surface area contributed by atoms with Gasteiger partial charge in [-0.1, -0.05) is 34.1 Å². The van der Waals surface area contributed by atoms with Gasteiger partial charge < -0.3 is 10.2 Å². The Morgan fingerprint density at radius 3 is 2.24 bits per heavy atom. The molecule has 1 saturated heterocycles. The first-order chi connectivity index (χ1) is 7.87. The second-order valence-corrected chi connectivity index (χ2v) is 7.23. The zero-order chi connectivity index (χ0) is 12.9. The van der Waals surface area contributed by atoms with Crippen molar-refractivity contribution in [3.05, 3.63) is 0 Å². The molecule has 0 amide bonds. The van der Waals surface area contributed by atoms with Crippen molar-refractivity contribution in [1.29, 1.82) is 0 Å². The first-order valence-corrected chi connectivity index (χ1v) is 7.26. The third-order valence-corrected chi connectivity index (χ3v) is 3.79. The van der Waals surface area contributed by atoms with Gasteiger partial charge in [-0.2, -0.15) is 0 Å². The van der Waals surface area contributed by atoms with Crippen molar-refractivity contribution in [2.45, 2.75) is 53.4 Å². The van der Waals surface area contributed by atoms with Crippen LogP contribution in [0.1, 0.15) is 53.4 Å². The minimum Gasteiger partial charge on any atom is -0.317 e. The maximum Gasteiger partial charge on any atom is 0.00361 e. The monoisotopic (exact) mass is 240 g/mol. The zero-order valence-electron chi connectivity index (χ0n) is 12.6. The van der Waals surface area contributed by atoms with Gasteiger partial charge in [-0.3, -0.25) is 0 Å². The summed E-state index contributed by atoms with van der Waals surface area (Å²) in [6.45, 7) is 14.2. The molecule has 2 nitrogen and oxygen atoms in total. The van der Waals surface area contributed by atoms with Crippen LogP contribution >= 0.6 is 0 Å². The van der Waals surface area contributed by atoms with Crippen molar-refractivity contribution in [1.82, 2.24) is 10.2 Å². The van der Waals surface area contributed by atoms with Crippen molar-refractivity contribution in [2.75, 3.05) is 33.2 Å². The van der Waals surface area contributed by atoms with E-state index in [1.54, 1.807) is 0 Å². The average molecular weight is 240 g/mol. The molecule has 0 saturated carbocycles. The van der Waals surface area contributed by atoms with Gasteiger partial charge in [0.1, 0.15) is 0 Å². The molecule has 1 rings (SSSR count). The highest BCUT2D eigenvalue weighted by Crippen LogP contribution is 2.35. The predicted octanol–water partition coefficient (Wildman–Crippen LogP) is 3.13. The minimum absolute atomic E-state index is 0.412. The Hall–Kier alpha value is -0.0800. The quantitative estimate of drug-likeness (QED) is 0.794. The van der Waals surface area contributed by atoms with Crippen LogP contribution in [0.15, 0.2) is 0 Å². The first-order valence-electron chi connectivity index (χ1n) is 7.26. The summed E-state index contributed by atoms with van der Waals surface area (Å²) in [6, 6.07) is 0. The van der Waals surface area contributed by atoms with E-state index in [2.05, 4.69) is 45.0 Å². The van der Waals surface area contributed by atoms with Gasteiger partial charge in [0.05, 0.1) is 0 Å². The van der Waals surface area contributed by atoms with Gasteiger partial charge in [-0.15, -0.1) is 0 Å². The maximum atomic E-state index is 3.50. The van der Waals surface area contributed by atoms with Gasteiger partial charge in [0, 0.05) is 13.1 Å². The molecule has 102 valence electrons. The van der Waals surface area contributed by atoms with Crippen LogP contribution < -0.4 is 5.32 Å². The van der Waals surface area contributed by atoms with E-state index in [4.69, 9.17) is 0 Å². The van der Waals surface area contributed by atoms with E-state index < -0.39 is 0 Å². The molecule has 17 heavy (non-hydrogen) atoms. The number of piperidine rings is 1. The fourth-order valence-corrected chi connectivity index (χ4v) is 3.41. The lowest BCUT2D eigenvalue weighted by Gasteiger charge is -2.42. The average Bonchev–Trinajstić information content (AvgIpc) is 2.15. The second-order valence-electron chi connectivity index (χ2n) is 7.23. The van der Waals surface area contributed by atoms with Gasteiger partial charge in [0.2, 0.25) is 0 Å². The van der Waals surface area contributed by atoms with Crippen molar-refractivity contribution >= 4 is 0 Å². The molecule has 1 heterocycles. The molecule has 0 aromatic heterocycles. The third kappa shape index (κ3) is 5.39. The minimum atomic E-state index is 0.412. The summed E-state index contributed by atoms with van der Waals surface area (Å²) >= 11 is 0. The molecule has 2 heteroatoms. The van der Waals surface area contributed by atoms with Crippen molar-refractivity contribution in [3.8, 4) is 0 Å². The Morgan fingerprint density at radius 1 is 1.18 bits per heavy atom. The van der Waals surface area contributed by atoms with Crippen LogP contribution in [0, 0.1) is 10.8 Å². The highest BCUT2D eigenvalue weighted by atomic mass is 15.1. The van der Waals surface area contributed by atoms with Crippen LogP contribution in [-0.4, -0.2) is 38.1 Å². The lowest BCUT2D eigenvalue weighted by molar-refractivity contribution is 0.0961. The summed E-state index contributed by atoms with van der Waals surface area (Å²) < 4.78 is 0. The third-order valence-electron chi connectivity index (χ3n) is 3.79. The summed E-state index contributed by atoms with van der Waals surface area (Å²) in [5.41, 5.74) is 0.995. The molecule has 1 N–H and O–H groups in total. The maximum absolute atomic E-state index is 3.50. The molecule has 1 aliphatic heterocycles. The van der Waals surface area contributed by atoms with Gasteiger partial charge in [-0.05, 0) is 50.2 Å². The Labute approximate surface area is 108 Å². The van der Waals surface area contributed by atoms with Crippen LogP contribution in [-0.2, 0) is 0 Å². The standard InChI is InChI=1S/C15H32N2/c1-6-7-15(8-10-16-11-9-15)13-17(5)12-14(2,3)4/h16H,6-13H2,1-5H3. The molecule has 0 bridgehead atoms. The topological polar surface area (TPSA) is 15.3 Å². The van der Waals surface area contributed by atoms with Gasteiger partial charge >= 0.3 is 0 Å². The van der Waals surface area contributed by atoms with Crippen molar-refractivity contribution < 1.29 is 0 Å². The second kappa shape index (κ2) is 6.19. The van der Waals surface area contributed by atoms with E-state index in [0.29, 0.717) is 10.8 Å². The molecular weight excluding hydrogens is 208 g/mol. The highest BCUT2D eigenvalue weighted by Gasteiger charge is 2.32. The molecule has 0 spiro atoms. The number of nitrogens with zero attached hydrogens (tertiary/aromatic N) is 1. The number of rotatable bonds is 5. The molecular formula is C15H32N2. The molecule has 0 atom stereocenters. The zero-order valence-corrected chi connectivity index (χ0v) is 12.6. The van der Waals surface area contributed by atoms with Crippen LogP contribution in [0.3, 0.4) is 0 Å². The van der Waals surface area contributed by atoms with E-state index in [9.17, 15) is 0 Å². The Kier molecular flexibility index (Phi) is 5.46. The normalized spacial score (nSPS) is 20.8. The molecule has 1 fully saturated rings. The van der Waals surface area contributed by atoms with E-state index >= 15 is 0 Å². The van der Waals surface area contributed by atoms with Gasteiger partial charge in [0.25, 0.3) is 0 Å². The largest absolute Gasteiger partial charge is 0.317 e. The number of hydrogen-bond acceptors (Lipinski definition) is 2. The summed E-state index contributed by atoms with van der Waals surface area (Å²) in [4.78, 5) is 2.56. The SMILES string of the molecule is CCCC1(CN(C)CC(C)(C)C)CCNCC1. The van der Waals surface area contributed by atoms with E-state index in [1.807, 2.05) is 0 Å². The van der Waals surface area contributed by atoms with Crippen LogP contribution in [0.2, 0.25) is 0 Å². The summed E-state index contributed by atoms with van der Waals surface area (Å²) in [6.07, 6.45) is 5.43. The first kappa shape index (κ1) is 15.0. The molecule has 1 aliphatic rings. The molecule has 0 radical (unpaired) electrons. The highest BCUT2D eigenvalue weighted by molar-refractivity contribution is 4.87. The summed E-state index contributed by atoms with van der Waals surface area (Å²) in [7, 11) is 2.30. The number of hydrogen-bond donors (Lipinski definition) is 1. The summed E-state index contributed by atoms with van der Waals surface area (Å²) in [5.74, 6) is 0. The van der Waals surface area contributed by atoms with Crippen LogP contribution in [0.4, 0.5) is 0 Å². The molecule has 0 aromatic carbocycles. The smallest absolute Gasteiger partial charge is 0.00361 e. The molecule has 0 aliphatic carbocycles. The molecule has 0 aromatic rings. The van der Waals surface area contributed by atoms with Crippen LogP contribution in [0.25, 0.3) is 0 Å². The fraction of sp³-hybridized carbons (Fsp3) is 1.00. The van der Waals surface area contributed by atoms with Crippen molar-refractivity contribution in [3.63, 3.8) is 0 Å². The predicted molar refractivity (Wildman–Crippen MR) is 76.4 cm³/mol. The van der Waals surface area contributed by atoms with Gasteiger partial charge in [0.15, 0.2) is 0 Å². The van der Waals surface area contributed by atoms with Gasteiger partial charge in [-0.25, -0.2) is 0 Å².